The average molecular weight is 586 g/mol. The van der Waals surface area contributed by atoms with Gasteiger partial charge in [-0.15, -0.1) is 12.4 Å². The molecule has 0 saturated carbocycles. The minimum atomic E-state index is -0.870. The number of hydrogen-bond donors (Lipinski definition) is 3. The molecule has 0 unspecified atom stereocenters. The fraction of sp³-hybridized carbons (Fsp3) is 0.567. The number of methoxy groups -OCH3 is 2. The highest BCUT2D eigenvalue weighted by atomic mass is 35.5. The Morgan fingerprint density at radius 2 is 1.82 bits per heavy atom. The monoisotopic (exact) mass is 584 g/mol. The van der Waals surface area contributed by atoms with Gasteiger partial charge in [-0.2, -0.15) is 0 Å². The summed E-state index contributed by atoms with van der Waals surface area (Å²) in [6, 6.07) is 12.7. The van der Waals surface area contributed by atoms with Crippen LogP contribution in [0.2, 0.25) is 5.02 Å². The fourth-order valence-electron chi connectivity index (χ4n) is 4.32. The molecule has 7 nitrogen and oxygen atoms in total. The third kappa shape index (κ3) is 10.8. The number of nitrogens with two attached hydrogens (primary N) is 1. The molecule has 2 aromatic carbocycles. The summed E-state index contributed by atoms with van der Waals surface area (Å²) in [4.78, 5) is 12.9. The lowest BCUT2D eigenvalue weighted by molar-refractivity contribution is -0.126. The number of carbonyl (C=O) groups is 1. The number of aliphatic hydroxyl groups is 1. The summed E-state index contributed by atoms with van der Waals surface area (Å²) in [7, 11) is 3.30. The lowest BCUT2D eigenvalue weighted by atomic mass is 9.82. The Kier molecular flexibility index (Phi) is 15.2. The zero-order valence-electron chi connectivity index (χ0n) is 24.0. The first kappa shape index (κ1) is 35.0. The Morgan fingerprint density at radius 1 is 1.10 bits per heavy atom. The van der Waals surface area contributed by atoms with E-state index in [0.29, 0.717) is 42.1 Å². The van der Waals surface area contributed by atoms with Crippen LogP contribution < -0.4 is 20.5 Å². The number of aliphatic hydroxyl groups excluding tert-OH is 1. The van der Waals surface area contributed by atoms with Gasteiger partial charge in [-0.05, 0) is 73.9 Å². The molecule has 0 bridgehead atoms. The third-order valence-electron chi connectivity index (χ3n) is 7.07. The van der Waals surface area contributed by atoms with Crippen molar-refractivity contribution in [2.24, 2.45) is 17.6 Å². The van der Waals surface area contributed by atoms with Crippen molar-refractivity contribution in [3.8, 4) is 11.5 Å². The zero-order valence-corrected chi connectivity index (χ0v) is 25.6. The van der Waals surface area contributed by atoms with E-state index < -0.39 is 17.6 Å². The smallest absolute Gasteiger partial charge is 0.230 e. The number of benzene rings is 2. The highest BCUT2D eigenvalue weighted by molar-refractivity contribution is 6.30. The number of halogens is 2. The molecule has 2 rings (SSSR count). The van der Waals surface area contributed by atoms with Crippen molar-refractivity contribution in [2.75, 3.05) is 34.0 Å². The van der Waals surface area contributed by atoms with Crippen LogP contribution in [0.4, 0.5) is 0 Å². The van der Waals surface area contributed by atoms with E-state index in [2.05, 4.69) is 19.2 Å². The zero-order chi connectivity index (χ0) is 28.3. The van der Waals surface area contributed by atoms with E-state index in [0.717, 1.165) is 24.0 Å². The molecule has 2 aromatic rings. The highest BCUT2D eigenvalue weighted by Crippen LogP contribution is 2.31. The number of amides is 1. The quantitative estimate of drug-likeness (QED) is 0.235. The molecule has 0 radical (unpaired) electrons. The number of rotatable bonds is 16. The van der Waals surface area contributed by atoms with Crippen molar-refractivity contribution in [3.05, 3.63) is 58.6 Å². The Labute approximate surface area is 245 Å². The van der Waals surface area contributed by atoms with Gasteiger partial charge in [0.2, 0.25) is 5.91 Å². The van der Waals surface area contributed by atoms with E-state index in [4.69, 9.17) is 31.5 Å². The lowest BCUT2D eigenvalue weighted by Crippen LogP contribution is -2.48. The first-order valence-corrected chi connectivity index (χ1v) is 13.6. The molecule has 9 heteroatoms. The van der Waals surface area contributed by atoms with Gasteiger partial charge in [0.1, 0.15) is 0 Å². The largest absolute Gasteiger partial charge is 0.493 e. The van der Waals surface area contributed by atoms with E-state index in [1.54, 1.807) is 26.4 Å². The summed E-state index contributed by atoms with van der Waals surface area (Å²) in [6.45, 7) is 9.24. The predicted molar refractivity (Wildman–Crippen MR) is 160 cm³/mol. The normalized spacial score (nSPS) is 13.8. The Hall–Kier alpha value is -2.03. The molecule has 4 N–H and O–H groups in total. The van der Waals surface area contributed by atoms with Gasteiger partial charge in [-0.1, -0.05) is 43.6 Å². The number of carbonyl (C=O) groups excluding carboxylic acids is 1. The van der Waals surface area contributed by atoms with Crippen LogP contribution in [0.15, 0.2) is 42.5 Å². The van der Waals surface area contributed by atoms with Crippen molar-refractivity contribution in [1.82, 2.24) is 5.32 Å². The van der Waals surface area contributed by atoms with Crippen LogP contribution in [0, 0.1) is 11.8 Å². The fourth-order valence-corrected chi connectivity index (χ4v) is 4.52. The molecule has 0 heterocycles. The SMILES string of the molecule is COCCCOc1cc(C[C@@H](C[C@H](N)[C@@H](O)CNC(=O)C(C)(C)c2cccc(Cl)c2)C(C)C)ccc1OC.Cl. The molecule has 0 fully saturated rings. The molecule has 0 aliphatic rings. The van der Waals surface area contributed by atoms with Crippen molar-refractivity contribution in [2.45, 2.75) is 64.5 Å². The summed E-state index contributed by atoms with van der Waals surface area (Å²) in [5.41, 5.74) is 7.55. The van der Waals surface area contributed by atoms with Crippen LogP contribution >= 0.6 is 24.0 Å². The van der Waals surface area contributed by atoms with Gasteiger partial charge in [0.05, 0.1) is 25.2 Å². The molecule has 39 heavy (non-hydrogen) atoms. The molecule has 0 aromatic heterocycles. The van der Waals surface area contributed by atoms with Gasteiger partial charge in [-0.25, -0.2) is 0 Å². The molecule has 0 aliphatic carbocycles. The predicted octanol–water partition coefficient (Wildman–Crippen LogP) is 5.17. The maximum atomic E-state index is 12.9. The van der Waals surface area contributed by atoms with E-state index in [9.17, 15) is 9.90 Å². The molecule has 3 atom stereocenters. The van der Waals surface area contributed by atoms with E-state index in [1.807, 2.05) is 44.2 Å². The second-order valence-corrected chi connectivity index (χ2v) is 11.1. The van der Waals surface area contributed by atoms with E-state index >= 15 is 0 Å². The minimum absolute atomic E-state index is 0. The van der Waals surface area contributed by atoms with Crippen LogP contribution in [-0.4, -0.2) is 57.1 Å². The highest BCUT2D eigenvalue weighted by Gasteiger charge is 2.31. The van der Waals surface area contributed by atoms with Crippen LogP contribution in [0.3, 0.4) is 0 Å². The number of nitrogens with one attached hydrogen (secondary N) is 1. The molecule has 1 amide bonds. The Bertz CT molecular complexity index is 1020. The van der Waals surface area contributed by atoms with Crippen molar-refractivity contribution in [1.29, 1.82) is 0 Å². The molecule has 0 aliphatic heterocycles. The van der Waals surface area contributed by atoms with Gasteiger partial charge in [-0.3, -0.25) is 4.79 Å². The number of hydrogen-bond acceptors (Lipinski definition) is 6. The summed E-state index contributed by atoms with van der Waals surface area (Å²) in [6.07, 6.45) is 1.32. The lowest BCUT2D eigenvalue weighted by Gasteiger charge is -2.29. The van der Waals surface area contributed by atoms with Crippen molar-refractivity contribution in [3.63, 3.8) is 0 Å². The third-order valence-corrected chi connectivity index (χ3v) is 7.31. The van der Waals surface area contributed by atoms with Crippen LogP contribution in [0.25, 0.3) is 0 Å². The van der Waals surface area contributed by atoms with Crippen LogP contribution in [-0.2, 0) is 21.4 Å². The van der Waals surface area contributed by atoms with Crippen molar-refractivity contribution >= 4 is 29.9 Å². The van der Waals surface area contributed by atoms with Crippen LogP contribution in [0.5, 0.6) is 11.5 Å². The van der Waals surface area contributed by atoms with Crippen LogP contribution in [0.1, 0.15) is 51.7 Å². The van der Waals surface area contributed by atoms with Gasteiger partial charge >= 0.3 is 0 Å². The van der Waals surface area contributed by atoms with Gasteiger partial charge < -0.3 is 30.4 Å². The molecular formula is C30H46Cl2N2O5. The maximum Gasteiger partial charge on any atom is 0.230 e. The van der Waals surface area contributed by atoms with Crippen molar-refractivity contribution < 1.29 is 24.1 Å². The molecule has 0 spiro atoms. The molecular weight excluding hydrogens is 539 g/mol. The summed E-state index contributed by atoms with van der Waals surface area (Å²) >= 11 is 6.11. The average Bonchev–Trinajstić information content (AvgIpc) is 2.89. The minimum Gasteiger partial charge on any atom is -0.493 e. The van der Waals surface area contributed by atoms with Gasteiger partial charge in [0.25, 0.3) is 0 Å². The maximum absolute atomic E-state index is 12.9. The summed E-state index contributed by atoms with van der Waals surface area (Å²) in [5.74, 6) is 1.78. The summed E-state index contributed by atoms with van der Waals surface area (Å²) in [5, 5.41) is 14.2. The Morgan fingerprint density at radius 3 is 2.44 bits per heavy atom. The molecule has 0 saturated heterocycles. The molecule has 220 valence electrons. The van der Waals surface area contributed by atoms with E-state index in [-0.39, 0.29) is 30.8 Å². The van der Waals surface area contributed by atoms with Gasteiger partial charge in [0.15, 0.2) is 11.5 Å². The van der Waals surface area contributed by atoms with Gasteiger partial charge in [0, 0.05) is 37.7 Å². The number of ether oxygens (including phenoxy) is 3. The topological polar surface area (TPSA) is 103 Å². The Balaban J connectivity index is 0.00000760. The first-order valence-electron chi connectivity index (χ1n) is 13.3. The first-order chi connectivity index (χ1) is 18.0. The standard InChI is InChI=1S/C30H45ClN2O5.ClH/c1-20(2)22(15-21-11-12-27(37-6)28(16-21)38-14-8-13-36-5)17-25(32)26(34)19-33-29(35)30(3,4)23-9-7-10-24(31)18-23;/h7,9-12,16,18,20,22,25-26,34H,8,13-15,17,19,32H2,1-6H3,(H,33,35);1H/t22-,25-,26-;/m0./s1. The van der Waals surface area contributed by atoms with E-state index in [1.165, 1.54) is 0 Å². The second kappa shape index (κ2) is 16.9. The second-order valence-electron chi connectivity index (χ2n) is 10.7. The summed E-state index contributed by atoms with van der Waals surface area (Å²) < 4.78 is 16.5.